The second-order valence-corrected chi connectivity index (χ2v) is 10.5. The van der Waals surface area contributed by atoms with Crippen LogP contribution < -0.4 is 10.4 Å². The van der Waals surface area contributed by atoms with Crippen molar-refractivity contribution in [1.82, 2.24) is 4.57 Å². The van der Waals surface area contributed by atoms with Gasteiger partial charge in [-0.05, 0) is 65.1 Å². The Kier molecular flexibility index (Phi) is 5.02. The first-order chi connectivity index (χ1) is 18.4. The van der Waals surface area contributed by atoms with Crippen LogP contribution in [0.25, 0.3) is 27.5 Å². The van der Waals surface area contributed by atoms with Gasteiger partial charge in [-0.15, -0.1) is 0 Å². The van der Waals surface area contributed by atoms with Crippen molar-refractivity contribution in [3.63, 3.8) is 0 Å². The topological polar surface area (TPSA) is 48.6 Å². The Morgan fingerprint density at radius 2 is 1.29 bits per heavy atom. The van der Waals surface area contributed by atoms with Gasteiger partial charge in [0.1, 0.15) is 0 Å². The van der Waals surface area contributed by atoms with Crippen LogP contribution in [0.15, 0.2) is 115 Å². The molecule has 2 N–H and O–H groups in total. The average molecular weight is 494 g/mol. The van der Waals surface area contributed by atoms with E-state index in [0.717, 1.165) is 33.2 Å². The standard InChI is InChI=1S/C33H27BN2O2/c1-33(2)27-16-7-9-18-30(27)35(23-12-4-3-5-13-23)32-20-26-25-15-6-8-17-29(25)36(31(26)21-28(32)33)24-14-10-11-22(19-24)34(37)38/h3-21,37-38H,1-2H3. The van der Waals surface area contributed by atoms with E-state index in [-0.39, 0.29) is 5.41 Å². The van der Waals surface area contributed by atoms with Gasteiger partial charge in [-0.25, -0.2) is 0 Å². The Hall–Kier alpha value is -4.32. The summed E-state index contributed by atoms with van der Waals surface area (Å²) in [5, 5.41) is 22.1. The predicted octanol–water partition coefficient (Wildman–Crippen LogP) is 6.57. The van der Waals surface area contributed by atoms with Crippen LogP contribution >= 0.6 is 0 Å². The molecule has 0 saturated carbocycles. The maximum absolute atomic E-state index is 9.87. The summed E-state index contributed by atoms with van der Waals surface area (Å²) in [5.41, 5.74) is 9.34. The van der Waals surface area contributed by atoms with Crippen molar-refractivity contribution >= 4 is 51.4 Å². The maximum Gasteiger partial charge on any atom is 0.488 e. The molecular weight excluding hydrogens is 467 g/mol. The van der Waals surface area contributed by atoms with Crippen LogP contribution in [-0.4, -0.2) is 21.7 Å². The fourth-order valence-corrected chi connectivity index (χ4v) is 6.12. The van der Waals surface area contributed by atoms with Gasteiger partial charge < -0.3 is 19.5 Å². The minimum atomic E-state index is -1.52. The Morgan fingerprint density at radius 3 is 2.11 bits per heavy atom. The predicted molar refractivity (Wildman–Crippen MR) is 157 cm³/mol. The Bertz CT molecular complexity index is 1840. The summed E-state index contributed by atoms with van der Waals surface area (Å²) in [6, 6.07) is 39.8. The SMILES string of the molecule is CC1(C)c2ccccc2N(c2ccccc2)c2cc3c4ccccc4n(-c4cccc(B(O)O)c4)c3cc21. The summed E-state index contributed by atoms with van der Waals surface area (Å²) in [5.74, 6) is 0. The van der Waals surface area contributed by atoms with E-state index in [1.54, 1.807) is 6.07 Å². The van der Waals surface area contributed by atoms with Crippen LogP contribution in [0, 0.1) is 0 Å². The summed E-state index contributed by atoms with van der Waals surface area (Å²) in [6.07, 6.45) is 0. The molecule has 0 fully saturated rings. The van der Waals surface area contributed by atoms with Gasteiger partial charge in [0.2, 0.25) is 0 Å². The smallest absolute Gasteiger partial charge is 0.423 e. The molecule has 2 heterocycles. The number of hydrogen-bond donors (Lipinski definition) is 2. The average Bonchev–Trinajstić information content (AvgIpc) is 3.27. The second-order valence-electron chi connectivity index (χ2n) is 10.5. The van der Waals surface area contributed by atoms with Crippen LogP contribution in [0.2, 0.25) is 0 Å². The number of fused-ring (bicyclic) bond motifs is 5. The van der Waals surface area contributed by atoms with Crippen LogP contribution in [0.4, 0.5) is 17.1 Å². The monoisotopic (exact) mass is 494 g/mol. The van der Waals surface area contributed by atoms with Gasteiger partial charge >= 0.3 is 7.12 Å². The number of nitrogens with zero attached hydrogens (tertiary/aromatic N) is 2. The minimum absolute atomic E-state index is 0.226. The highest BCUT2D eigenvalue weighted by molar-refractivity contribution is 6.58. The molecule has 0 saturated heterocycles. The van der Waals surface area contributed by atoms with Gasteiger partial charge in [0.25, 0.3) is 0 Å². The molecule has 1 aliphatic heterocycles. The second kappa shape index (κ2) is 8.35. The van der Waals surface area contributed by atoms with E-state index in [1.807, 2.05) is 18.2 Å². The molecule has 1 aliphatic rings. The molecular formula is C33H27BN2O2. The molecule has 5 aromatic carbocycles. The molecule has 38 heavy (non-hydrogen) atoms. The van der Waals surface area contributed by atoms with Gasteiger partial charge in [0, 0.05) is 27.6 Å². The van der Waals surface area contributed by atoms with Gasteiger partial charge in [0.15, 0.2) is 0 Å². The number of benzene rings is 5. The molecule has 0 unspecified atom stereocenters. The van der Waals surface area contributed by atoms with Crippen molar-refractivity contribution in [1.29, 1.82) is 0 Å². The van der Waals surface area contributed by atoms with E-state index in [2.05, 4.69) is 114 Å². The quantitative estimate of drug-likeness (QED) is 0.274. The van der Waals surface area contributed by atoms with Crippen molar-refractivity contribution < 1.29 is 10.0 Å². The molecule has 5 heteroatoms. The molecule has 184 valence electrons. The number of rotatable bonds is 3. The molecule has 6 aromatic rings. The zero-order valence-corrected chi connectivity index (χ0v) is 21.3. The zero-order valence-electron chi connectivity index (χ0n) is 21.3. The number of para-hydroxylation sites is 3. The maximum atomic E-state index is 9.87. The lowest BCUT2D eigenvalue weighted by molar-refractivity contribution is 0.426. The highest BCUT2D eigenvalue weighted by Crippen LogP contribution is 2.53. The van der Waals surface area contributed by atoms with E-state index >= 15 is 0 Å². The zero-order chi connectivity index (χ0) is 26.0. The summed E-state index contributed by atoms with van der Waals surface area (Å²) in [7, 11) is -1.52. The van der Waals surface area contributed by atoms with Crippen LogP contribution in [0.3, 0.4) is 0 Å². The van der Waals surface area contributed by atoms with Gasteiger partial charge in [-0.1, -0.05) is 80.6 Å². The highest BCUT2D eigenvalue weighted by atomic mass is 16.4. The molecule has 4 nitrogen and oxygen atoms in total. The van der Waals surface area contributed by atoms with Crippen molar-refractivity contribution in [2.75, 3.05) is 4.90 Å². The number of aromatic nitrogens is 1. The van der Waals surface area contributed by atoms with Crippen LogP contribution in [0.5, 0.6) is 0 Å². The summed E-state index contributed by atoms with van der Waals surface area (Å²) >= 11 is 0. The molecule has 1 aromatic heterocycles. The van der Waals surface area contributed by atoms with Crippen molar-refractivity contribution in [3.05, 3.63) is 126 Å². The molecule has 7 rings (SSSR count). The lowest BCUT2D eigenvalue weighted by atomic mass is 9.73. The Labute approximate surface area is 222 Å². The molecule has 0 aliphatic carbocycles. The molecule has 0 spiro atoms. The first kappa shape index (κ1) is 22.8. The minimum Gasteiger partial charge on any atom is -0.423 e. The van der Waals surface area contributed by atoms with Crippen LogP contribution in [0.1, 0.15) is 25.0 Å². The first-order valence-corrected chi connectivity index (χ1v) is 12.9. The lowest BCUT2D eigenvalue weighted by Crippen LogP contribution is -2.30. The highest BCUT2D eigenvalue weighted by Gasteiger charge is 2.37. The molecule has 0 amide bonds. The van der Waals surface area contributed by atoms with Crippen molar-refractivity contribution in [2.24, 2.45) is 0 Å². The third-order valence-corrected chi connectivity index (χ3v) is 7.96. The number of hydrogen-bond acceptors (Lipinski definition) is 3. The number of anilines is 3. The van der Waals surface area contributed by atoms with Gasteiger partial charge in [-0.3, -0.25) is 0 Å². The normalized spacial score (nSPS) is 13.9. The summed E-state index contributed by atoms with van der Waals surface area (Å²) < 4.78 is 2.24. The molecule has 0 bridgehead atoms. The van der Waals surface area contributed by atoms with E-state index in [1.165, 1.54) is 22.5 Å². The Morgan fingerprint density at radius 1 is 0.579 bits per heavy atom. The van der Waals surface area contributed by atoms with Gasteiger partial charge in [-0.2, -0.15) is 0 Å². The van der Waals surface area contributed by atoms with E-state index in [4.69, 9.17) is 0 Å². The van der Waals surface area contributed by atoms with Crippen molar-refractivity contribution in [2.45, 2.75) is 19.3 Å². The van der Waals surface area contributed by atoms with E-state index in [0.29, 0.717) is 5.46 Å². The van der Waals surface area contributed by atoms with Crippen LogP contribution in [-0.2, 0) is 5.41 Å². The molecule has 0 atom stereocenters. The third kappa shape index (κ3) is 3.26. The fourth-order valence-electron chi connectivity index (χ4n) is 6.12. The summed E-state index contributed by atoms with van der Waals surface area (Å²) in [4.78, 5) is 2.38. The van der Waals surface area contributed by atoms with Crippen molar-refractivity contribution in [3.8, 4) is 5.69 Å². The van der Waals surface area contributed by atoms with E-state index < -0.39 is 7.12 Å². The lowest BCUT2D eigenvalue weighted by Gasteiger charge is -2.42. The summed E-state index contributed by atoms with van der Waals surface area (Å²) in [6.45, 7) is 4.60. The Balaban J connectivity index is 1.60. The van der Waals surface area contributed by atoms with Gasteiger partial charge in [0.05, 0.1) is 22.4 Å². The largest absolute Gasteiger partial charge is 0.488 e. The first-order valence-electron chi connectivity index (χ1n) is 12.9. The van der Waals surface area contributed by atoms with E-state index in [9.17, 15) is 10.0 Å². The molecule has 0 radical (unpaired) electrons. The third-order valence-electron chi connectivity index (χ3n) is 7.96. The fraction of sp³-hybridized carbons (Fsp3) is 0.0909.